The predicted molar refractivity (Wildman–Crippen MR) is 148 cm³/mol. The second-order valence-electron chi connectivity index (χ2n) is 10.3. The van der Waals surface area contributed by atoms with Crippen molar-refractivity contribution in [3.63, 3.8) is 0 Å². The van der Waals surface area contributed by atoms with Crippen molar-refractivity contribution in [3.05, 3.63) is 102 Å². The zero-order chi connectivity index (χ0) is 26.1. The molecule has 0 aliphatic heterocycles. The van der Waals surface area contributed by atoms with E-state index in [1.807, 2.05) is 48.5 Å². The van der Waals surface area contributed by atoms with Gasteiger partial charge in [-0.25, -0.2) is 9.97 Å². The van der Waals surface area contributed by atoms with Gasteiger partial charge < -0.3 is 14.4 Å². The first-order valence-corrected chi connectivity index (χ1v) is 13.3. The highest BCUT2D eigenvalue weighted by atomic mass is 16.5. The van der Waals surface area contributed by atoms with Crippen molar-refractivity contribution >= 4 is 27.9 Å². The van der Waals surface area contributed by atoms with Gasteiger partial charge in [-0.1, -0.05) is 66.9 Å². The summed E-state index contributed by atoms with van der Waals surface area (Å²) in [5.41, 5.74) is 6.01. The van der Waals surface area contributed by atoms with Gasteiger partial charge >= 0.3 is 5.97 Å². The number of pyridine rings is 1. The molecule has 1 fully saturated rings. The number of hydrogen-bond acceptors (Lipinski definition) is 4. The van der Waals surface area contributed by atoms with Crippen molar-refractivity contribution in [2.45, 2.75) is 51.7 Å². The molecule has 0 radical (unpaired) electrons. The quantitative estimate of drug-likeness (QED) is 0.261. The van der Waals surface area contributed by atoms with Crippen LogP contribution in [-0.2, 0) is 17.9 Å². The van der Waals surface area contributed by atoms with E-state index in [2.05, 4.69) is 41.8 Å². The van der Waals surface area contributed by atoms with Gasteiger partial charge in [0, 0.05) is 23.9 Å². The van der Waals surface area contributed by atoms with Crippen molar-refractivity contribution < 1.29 is 14.6 Å². The van der Waals surface area contributed by atoms with E-state index in [0.717, 1.165) is 58.5 Å². The number of carbonyl (C=O) groups is 1. The normalized spacial score (nSPS) is 17.6. The molecule has 2 atom stereocenters. The zero-order valence-electron chi connectivity index (χ0n) is 21.5. The van der Waals surface area contributed by atoms with Crippen LogP contribution in [0.15, 0.2) is 78.9 Å². The molecule has 1 unspecified atom stereocenters. The lowest BCUT2D eigenvalue weighted by Gasteiger charge is -2.28. The Labute approximate surface area is 221 Å². The molecule has 0 bridgehead atoms. The van der Waals surface area contributed by atoms with Gasteiger partial charge in [-0.15, -0.1) is 0 Å². The number of ether oxygens (including phenoxy) is 1. The van der Waals surface area contributed by atoms with E-state index in [1.165, 1.54) is 11.1 Å². The molecule has 0 spiro atoms. The molecule has 1 aliphatic carbocycles. The minimum atomic E-state index is -0.726. The third-order valence-corrected chi connectivity index (χ3v) is 7.63. The lowest BCUT2D eigenvalue weighted by Crippen LogP contribution is -2.27. The smallest absolute Gasteiger partial charge is 0.307 e. The summed E-state index contributed by atoms with van der Waals surface area (Å²) in [5, 5.41) is 11.1. The van der Waals surface area contributed by atoms with Gasteiger partial charge in [-0.05, 0) is 49.6 Å². The van der Waals surface area contributed by atoms with Crippen LogP contribution in [0, 0.1) is 12.8 Å². The summed E-state index contributed by atoms with van der Waals surface area (Å²) in [5.74, 6) is 0.339. The van der Waals surface area contributed by atoms with Crippen LogP contribution in [0.25, 0.3) is 21.9 Å². The van der Waals surface area contributed by atoms with Crippen molar-refractivity contribution in [3.8, 4) is 5.75 Å². The number of nitrogens with zero attached hydrogens (tertiary/aromatic N) is 3. The summed E-state index contributed by atoms with van der Waals surface area (Å²) in [6.45, 7) is 3.10. The molecule has 2 aromatic heterocycles. The number of rotatable bonds is 7. The maximum absolute atomic E-state index is 12.2. The molecule has 2 heterocycles. The standard InChI is InChI=1S/C32H31N3O3/c1-21-7-6-8-22(17-21)19-35-30-16-15-25(38-20-24-14-13-23-9-2-5-12-28(23)33-24)18-29(30)34-31(35)26-10-3-4-11-27(26)32(36)37/h2,5-9,12-18,26-27H,3-4,10-11,19-20H2,1H3,(H,36,37)/t26-,27?/m1/s1. The van der Waals surface area contributed by atoms with Gasteiger partial charge in [0.1, 0.15) is 18.2 Å². The Balaban J connectivity index is 1.34. The molecule has 0 amide bonds. The van der Waals surface area contributed by atoms with Gasteiger partial charge in [0.15, 0.2) is 0 Å². The molecule has 192 valence electrons. The number of hydrogen-bond donors (Lipinski definition) is 1. The summed E-state index contributed by atoms with van der Waals surface area (Å²) in [4.78, 5) is 21.9. The molecule has 38 heavy (non-hydrogen) atoms. The molecule has 6 heteroatoms. The van der Waals surface area contributed by atoms with Crippen LogP contribution >= 0.6 is 0 Å². The Kier molecular flexibility index (Phi) is 6.54. The third kappa shape index (κ3) is 4.86. The zero-order valence-corrected chi connectivity index (χ0v) is 21.5. The summed E-state index contributed by atoms with van der Waals surface area (Å²) >= 11 is 0. The Hall–Kier alpha value is -4.19. The van der Waals surface area contributed by atoms with Gasteiger partial charge in [0.25, 0.3) is 0 Å². The van der Waals surface area contributed by atoms with Crippen molar-refractivity contribution in [2.24, 2.45) is 5.92 Å². The summed E-state index contributed by atoms with van der Waals surface area (Å²) in [6.07, 6.45) is 3.51. The highest BCUT2D eigenvalue weighted by molar-refractivity contribution is 5.79. The molecule has 3 aromatic carbocycles. The molecule has 1 saturated carbocycles. The summed E-state index contributed by atoms with van der Waals surface area (Å²) in [7, 11) is 0. The average Bonchev–Trinajstić information content (AvgIpc) is 3.29. The van der Waals surface area contributed by atoms with Crippen molar-refractivity contribution in [1.29, 1.82) is 0 Å². The van der Waals surface area contributed by atoms with Crippen molar-refractivity contribution in [1.82, 2.24) is 14.5 Å². The second kappa shape index (κ2) is 10.3. The fourth-order valence-corrected chi connectivity index (χ4v) is 5.74. The van der Waals surface area contributed by atoms with Crippen molar-refractivity contribution in [2.75, 3.05) is 0 Å². The van der Waals surface area contributed by atoms with E-state index in [4.69, 9.17) is 14.7 Å². The Morgan fingerprint density at radius 2 is 1.82 bits per heavy atom. The maximum Gasteiger partial charge on any atom is 0.307 e. The average molecular weight is 506 g/mol. The number of carboxylic acid groups (broad SMARTS) is 1. The van der Waals surface area contributed by atoms with E-state index in [0.29, 0.717) is 19.6 Å². The number of aliphatic carboxylic acids is 1. The molecule has 6 rings (SSSR count). The Morgan fingerprint density at radius 1 is 0.947 bits per heavy atom. The molecular formula is C32H31N3O3. The largest absolute Gasteiger partial charge is 0.487 e. The van der Waals surface area contributed by atoms with E-state index < -0.39 is 11.9 Å². The molecule has 6 nitrogen and oxygen atoms in total. The number of carboxylic acids is 1. The first-order valence-electron chi connectivity index (χ1n) is 13.3. The molecule has 1 N–H and O–H groups in total. The van der Waals surface area contributed by atoms with Crippen LogP contribution in [0.1, 0.15) is 54.2 Å². The van der Waals surface area contributed by atoms with E-state index in [1.54, 1.807) is 0 Å². The minimum Gasteiger partial charge on any atom is -0.487 e. The summed E-state index contributed by atoms with van der Waals surface area (Å²) < 4.78 is 8.34. The maximum atomic E-state index is 12.2. The number of aromatic nitrogens is 3. The van der Waals surface area contributed by atoms with Crippen LogP contribution < -0.4 is 4.74 Å². The highest BCUT2D eigenvalue weighted by Gasteiger charge is 2.35. The Bertz CT molecular complexity index is 1620. The molecule has 0 saturated heterocycles. The van der Waals surface area contributed by atoms with Crippen LogP contribution in [-0.4, -0.2) is 25.6 Å². The predicted octanol–water partition coefficient (Wildman–Crippen LogP) is 6.88. The third-order valence-electron chi connectivity index (χ3n) is 7.63. The number of para-hydroxylation sites is 1. The van der Waals surface area contributed by atoms with Gasteiger partial charge in [0.2, 0.25) is 0 Å². The van der Waals surface area contributed by atoms with Gasteiger partial charge in [-0.3, -0.25) is 4.79 Å². The van der Waals surface area contributed by atoms with Crippen LogP contribution in [0.3, 0.4) is 0 Å². The topological polar surface area (TPSA) is 77.2 Å². The van der Waals surface area contributed by atoms with Crippen LogP contribution in [0.4, 0.5) is 0 Å². The first-order chi connectivity index (χ1) is 18.5. The number of benzene rings is 3. The van der Waals surface area contributed by atoms with E-state index in [-0.39, 0.29) is 5.92 Å². The lowest BCUT2D eigenvalue weighted by atomic mass is 9.78. The summed E-state index contributed by atoms with van der Waals surface area (Å²) in [6, 6.07) is 26.5. The van der Waals surface area contributed by atoms with E-state index >= 15 is 0 Å². The van der Waals surface area contributed by atoms with Crippen LogP contribution in [0.5, 0.6) is 5.75 Å². The molecular weight excluding hydrogens is 474 g/mol. The molecule has 5 aromatic rings. The highest BCUT2D eigenvalue weighted by Crippen LogP contribution is 2.39. The van der Waals surface area contributed by atoms with Crippen LogP contribution in [0.2, 0.25) is 0 Å². The minimum absolute atomic E-state index is 0.107. The fourth-order valence-electron chi connectivity index (χ4n) is 5.74. The molecule has 1 aliphatic rings. The Morgan fingerprint density at radius 3 is 2.68 bits per heavy atom. The number of aryl methyl sites for hydroxylation is 1. The van der Waals surface area contributed by atoms with Gasteiger partial charge in [-0.2, -0.15) is 0 Å². The monoisotopic (exact) mass is 505 g/mol. The second-order valence-corrected chi connectivity index (χ2v) is 10.3. The first kappa shape index (κ1) is 24.2. The van der Waals surface area contributed by atoms with Gasteiger partial charge in [0.05, 0.1) is 28.2 Å². The lowest BCUT2D eigenvalue weighted by molar-refractivity contribution is -0.143. The SMILES string of the molecule is Cc1cccc(Cn2c([C@@H]3CCCCC3C(=O)O)nc3cc(OCc4ccc5ccccc5n4)ccc32)c1. The fraction of sp³-hybridized carbons (Fsp3) is 0.281. The number of fused-ring (bicyclic) bond motifs is 2. The number of imidazole rings is 1. The van der Waals surface area contributed by atoms with E-state index in [9.17, 15) is 9.90 Å².